The van der Waals surface area contributed by atoms with Crippen LogP contribution in [0.25, 0.3) is 0 Å². The number of benzene rings is 2. The van der Waals surface area contributed by atoms with E-state index in [9.17, 15) is 9.59 Å². The standard InChI is InChI=1S/C30H35N3O2/c1-30(2,3)24-14-16-26(17-15-24)33(29(35)23-10-6-4-7-11-23)27(22-18-20-31-21-19-22)28(34)32-25-12-8-5-9-13-25/h4,6-7,10-11,14-21,25,27H,5,8-9,12-13H2,1-3H3,(H,32,34). The van der Waals surface area contributed by atoms with Gasteiger partial charge < -0.3 is 5.32 Å². The van der Waals surface area contributed by atoms with Gasteiger partial charge >= 0.3 is 0 Å². The van der Waals surface area contributed by atoms with Crippen molar-refractivity contribution in [2.45, 2.75) is 70.4 Å². The Morgan fingerprint density at radius 1 is 0.886 bits per heavy atom. The smallest absolute Gasteiger partial charge is 0.259 e. The molecule has 0 aliphatic heterocycles. The Kier molecular flexibility index (Phi) is 7.64. The maximum Gasteiger partial charge on any atom is 0.259 e. The van der Waals surface area contributed by atoms with Crippen molar-refractivity contribution >= 4 is 17.5 Å². The molecule has 1 aliphatic carbocycles. The summed E-state index contributed by atoms with van der Waals surface area (Å²) >= 11 is 0. The predicted molar refractivity (Wildman–Crippen MR) is 140 cm³/mol. The summed E-state index contributed by atoms with van der Waals surface area (Å²) in [6.45, 7) is 6.48. The molecular formula is C30H35N3O2. The molecule has 1 unspecified atom stereocenters. The molecule has 35 heavy (non-hydrogen) atoms. The fourth-order valence-electron chi connectivity index (χ4n) is 4.72. The quantitative estimate of drug-likeness (QED) is 0.466. The molecule has 1 saturated carbocycles. The van der Waals surface area contributed by atoms with Crippen LogP contribution in [0.1, 0.15) is 80.4 Å². The van der Waals surface area contributed by atoms with Crippen molar-refractivity contribution in [2.24, 2.45) is 0 Å². The molecule has 182 valence electrons. The monoisotopic (exact) mass is 469 g/mol. The van der Waals surface area contributed by atoms with Crippen LogP contribution in [-0.4, -0.2) is 22.8 Å². The summed E-state index contributed by atoms with van der Waals surface area (Å²) in [6, 6.07) is 20.1. The van der Waals surface area contributed by atoms with Crippen molar-refractivity contribution in [1.29, 1.82) is 0 Å². The summed E-state index contributed by atoms with van der Waals surface area (Å²) in [5.41, 5.74) is 3.11. The van der Waals surface area contributed by atoms with Gasteiger partial charge in [0.15, 0.2) is 0 Å². The molecule has 1 aliphatic rings. The van der Waals surface area contributed by atoms with Crippen LogP contribution in [0.2, 0.25) is 0 Å². The number of carbonyl (C=O) groups excluding carboxylic acids is 2. The Balaban J connectivity index is 1.79. The highest BCUT2D eigenvalue weighted by molar-refractivity contribution is 6.10. The summed E-state index contributed by atoms with van der Waals surface area (Å²) in [6.07, 6.45) is 8.73. The first kappa shape index (κ1) is 24.6. The molecule has 1 atom stereocenters. The fraction of sp³-hybridized carbons (Fsp3) is 0.367. The van der Waals surface area contributed by atoms with Gasteiger partial charge in [0.2, 0.25) is 5.91 Å². The van der Waals surface area contributed by atoms with E-state index in [0.29, 0.717) is 11.3 Å². The second kappa shape index (κ2) is 10.9. The highest BCUT2D eigenvalue weighted by Crippen LogP contribution is 2.32. The zero-order valence-corrected chi connectivity index (χ0v) is 20.9. The van der Waals surface area contributed by atoms with Gasteiger partial charge in [-0.2, -0.15) is 0 Å². The van der Waals surface area contributed by atoms with Gasteiger partial charge in [0.25, 0.3) is 5.91 Å². The molecule has 4 rings (SSSR count). The van der Waals surface area contributed by atoms with Gasteiger partial charge in [-0.1, -0.05) is 70.4 Å². The number of carbonyl (C=O) groups is 2. The minimum absolute atomic E-state index is 0.0182. The van der Waals surface area contributed by atoms with Gasteiger partial charge in [-0.05, 0) is 65.8 Å². The zero-order valence-electron chi connectivity index (χ0n) is 20.9. The van der Waals surface area contributed by atoms with E-state index in [-0.39, 0.29) is 23.3 Å². The molecule has 5 nitrogen and oxygen atoms in total. The first-order chi connectivity index (χ1) is 16.8. The number of aromatic nitrogens is 1. The second-order valence-corrected chi connectivity index (χ2v) is 10.4. The molecular weight excluding hydrogens is 434 g/mol. The Bertz CT molecular complexity index is 1120. The lowest BCUT2D eigenvalue weighted by atomic mass is 9.87. The normalized spacial score (nSPS) is 15.3. The highest BCUT2D eigenvalue weighted by Gasteiger charge is 2.34. The number of hydrogen-bond donors (Lipinski definition) is 1. The largest absolute Gasteiger partial charge is 0.351 e. The molecule has 1 aromatic heterocycles. The number of nitrogens with zero attached hydrogens (tertiary/aromatic N) is 2. The van der Waals surface area contributed by atoms with Crippen molar-refractivity contribution in [3.8, 4) is 0 Å². The minimum atomic E-state index is -0.812. The van der Waals surface area contributed by atoms with Gasteiger partial charge in [0, 0.05) is 29.7 Å². The van der Waals surface area contributed by atoms with Crippen molar-refractivity contribution in [2.75, 3.05) is 4.90 Å². The summed E-state index contributed by atoms with van der Waals surface area (Å²) in [5, 5.41) is 3.26. The molecule has 2 aromatic carbocycles. The molecule has 1 fully saturated rings. The van der Waals surface area contributed by atoms with Crippen molar-refractivity contribution < 1.29 is 9.59 Å². The minimum Gasteiger partial charge on any atom is -0.351 e. The van der Waals surface area contributed by atoms with Crippen LogP contribution < -0.4 is 10.2 Å². The van der Waals surface area contributed by atoms with E-state index in [1.54, 1.807) is 29.4 Å². The van der Waals surface area contributed by atoms with E-state index in [0.717, 1.165) is 31.2 Å². The number of amides is 2. The first-order valence-corrected chi connectivity index (χ1v) is 12.5. The number of hydrogen-bond acceptors (Lipinski definition) is 3. The van der Waals surface area contributed by atoms with Gasteiger partial charge in [0.1, 0.15) is 6.04 Å². The summed E-state index contributed by atoms with van der Waals surface area (Å²) < 4.78 is 0. The fourth-order valence-corrected chi connectivity index (χ4v) is 4.72. The van der Waals surface area contributed by atoms with Crippen LogP contribution in [0.4, 0.5) is 5.69 Å². The Labute approximate surface area is 208 Å². The first-order valence-electron chi connectivity index (χ1n) is 12.5. The summed E-state index contributed by atoms with van der Waals surface area (Å²) in [5.74, 6) is -0.373. The molecule has 0 spiro atoms. The maximum absolute atomic E-state index is 14.0. The zero-order chi connectivity index (χ0) is 24.8. The van der Waals surface area contributed by atoms with E-state index >= 15 is 0 Å². The van der Waals surface area contributed by atoms with E-state index in [1.807, 2.05) is 54.6 Å². The van der Waals surface area contributed by atoms with Crippen molar-refractivity contribution in [3.05, 3.63) is 95.8 Å². The molecule has 0 saturated heterocycles. The van der Waals surface area contributed by atoms with Crippen LogP contribution in [-0.2, 0) is 10.2 Å². The van der Waals surface area contributed by atoms with E-state index in [2.05, 4.69) is 31.1 Å². The predicted octanol–water partition coefficient (Wildman–Crippen LogP) is 6.22. The van der Waals surface area contributed by atoms with Gasteiger partial charge in [-0.15, -0.1) is 0 Å². The lowest BCUT2D eigenvalue weighted by Gasteiger charge is -2.34. The molecule has 3 aromatic rings. The molecule has 1 N–H and O–H groups in total. The van der Waals surface area contributed by atoms with Crippen LogP contribution in [0, 0.1) is 0 Å². The third-order valence-electron chi connectivity index (χ3n) is 6.73. The summed E-state index contributed by atoms with van der Waals surface area (Å²) in [4.78, 5) is 33.6. The number of nitrogens with one attached hydrogen (secondary N) is 1. The lowest BCUT2D eigenvalue weighted by molar-refractivity contribution is -0.123. The lowest BCUT2D eigenvalue weighted by Crippen LogP contribution is -2.47. The van der Waals surface area contributed by atoms with Gasteiger partial charge in [-0.25, -0.2) is 0 Å². The van der Waals surface area contributed by atoms with Crippen LogP contribution in [0.3, 0.4) is 0 Å². The third kappa shape index (κ3) is 5.97. The van der Waals surface area contributed by atoms with E-state index < -0.39 is 6.04 Å². The molecule has 2 amide bonds. The van der Waals surface area contributed by atoms with Gasteiger partial charge in [-0.3, -0.25) is 19.5 Å². The SMILES string of the molecule is CC(C)(C)c1ccc(N(C(=O)c2ccccc2)C(C(=O)NC2CCCCC2)c2ccncc2)cc1. The van der Waals surface area contributed by atoms with Crippen molar-refractivity contribution in [3.63, 3.8) is 0 Å². The van der Waals surface area contributed by atoms with Crippen LogP contribution in [0.15, 0.2) is 79.1 Å². The average molecular weight is 470 g/mol. The Morgan fingerprint density at radius 3 is 2.11 bits per heavy atom. The topological polar surface area (TPSA) is 62.3 Å². The summed E-state index contributed by atoms with van der Waals surface area (Å²) in [7, 11) is 0. The third-order valence-corrected chi connectivity index (χ3v) is 6.73. The highest BCUT2D eigenvalue weighted by atomic mass is 16.2. The number of rotatable bonds is 6. The second-order valence-electron chi connectivity index (χ2n) is 10.4. The number of anilines is 1. The average Bonchev–Trinajstić information content (AvgIpc) is 2.88. The van der Waals surface area contributed by atoms with Crippen molar-refractivity contribution in [1.82, 2.24) is 10.3 Å². The maximum atomic E-state index is 14.0. The Morgan fingerprint density at radius 2 is 1.51 bits per heavy atom. The van der Waals surface area contributed by atoms with Gasteiger partial charge in [0.05, 0.1) is 0 Å². The molecule has 0 radical (unpaired) electrons. The molecule has 1 heterocycles. The Hall–Kier alpha value is -3.47. The van der Waals surface area contributed by atoms with E-state index in [4.69, 9.17) is 0 Å². The van der Waals surface area contributed by atoms with Crippen LogP contribution in [0.5, 0.6) is 0 Å². The molecule has 0 bridgehead atoms. The van der Waals surface area contributed by atoms with Crippen LogP contribution >= 0.6 is 0 Å². The van der Waals surface area contributed by atoms with E-state index in [1.165, 1.54) is 12.0 Å². The number of pyridine rings is 1. The molecule has 5 heteroatoms.